The Labute approximate surface area is 170 Å². The molecule has 0 bridgehead atoms. The van der Waals surface area contributed by atoms with Crippen molar-refractivity contribution in [2.75, 3.05) is 20.2 Å². The first kappa shape index (κ1) is 20.8. The highest BCUT2D eigenvalue weighted by molar-refractivity contribution is 7.89. The van der Waals surface area contributed by atoms with Crippen LogP contribution in [0.3, 0.4) is 0 Å². The second kappa shape index (κ2) is 9.05. The summed E-state index contributed by atoms with van der Waals surface area (Å²) in [5.74, 6) is -0.258. The molecule has 3 rings (SSSR count). The zero-order valence-electron chi connectivity index (χ0n) is 15.6. The summed E-state index contributed by atoms with van der Waals surface area (Å²) in [7, 11) is -2.03. The lowest BCUT2D eigenvalue weighted by Crippen LogP contribution is -2.32. The van der Waals surface area contributed by atoms with Crippen LogP contribution >= 0.6 is 11.6 Å². The molecule has 1 fully saturated rings. The van der Waals surface area contributed by atoms with Gasteiger partial charge in [-0.15, -0.1) is 0 Å². The second-order valence-corrected chi connectivity index (χ2v) is 9.01. The van der Waals surface area contributed by atoms with Gasteiger partial charge in [-0.05, 0) is 48.7 Å². The monoisotopic (exact) mass is 422 g/mol. The summed E-state index contributed by atoms with van der Waals surface area (Å²) in [6, 6.07) is 13.3. The summed E-state index contributed by atoms with van der Waals surface area (Å²) in [5, 5.41) is 0.631. The molecule has 1 atom stereocenters. The molecule has 1 heterocycles. The number of carbonyl (C=O) groups excluding carboxylic acids is 1. The average Bonchev–Trinajstić information content (AvgIpc) is 3.21. The summed E-state index contributed by atoms with van der Waals surface area (Å²) < 4.78 is 33.1. The molecule has 0 saturated carbocycles. The van der Waals surface area contributed by atoms with E-state index in [2.05, 4.69) is 4.72 Å². The number of sulfonamides is 1. The molecule has 1 amide bonds. The first-order chi connectivity index (χ1) is 13.3. The number of amides is 1. The third-order valence-corrected chi connectivity index (χ3v) is 6.27. The molecule has 1 aliphatic rings. The number of nitrogens with zero attached hydrogens (tertiary/aromatic N) is 1. The number of carbonyl (C=O) groups is 1. The predicted molar refractivity (Wildman–Crippen MR) is 108 cm³/mol. The SMILES string of the molecule is CN(Cc1ccc(Cl)cc1)C(=O)c1cccc(S(=O)(=O)NCC2CCCO2)c1. The molecule has 1 aliphatic heterocycles. The van der Waals surface area contributed by atoms with Gasteiger partial charge in [0, 0.05) is 37.3 Å². The lowest BCUT2D eigenvalue weighted by molar-refractivity contribution is 0.0785. The highest BCUT2D eigenvalue weighted by atomic mass is 35.5. The minimum absolute atomic E-state index is 0.0660. The molecule has 2 aromatic rings. The fraction of sp³-hybridized carbons (Fsp3) is 0.350. The van der Waals surface area contributed by atoms with Crippen molar-refractivity contribution < 1.29 is 17.9 Å². The van der Waals surface area contributed by atoms with E-state index in [1.165, 1.54) is 17.0 Å². The van der Waals surface area contributed by atoms with E-state index in [-0.39, 0.29) is 23.5 Å². The van der Waals surface area contributed by atoms with Gasteiger partial charge in [0.05, 0.1) is 11.0 Å². The van der Waals surface area contributed by atoms with Gasteiger partial charge in [-0.1, -0.05) is 29.8 Å². The van der Waals surface area contributed by atoms with Crippen LogP contribution in [0.15, 0.2) is 53.4 Å². The second-order valence-electron chi connectivity index (χ2n) is 6.80. The number of nitrogens with one attached hydrogen (secondary N) is 1. The maximum atomic E-state index is 12.7. The molecule has 0 aliphatic carbocycles. The molecule has 6 nitrogen and oxygen atoms in total. The molecule has 28 heavy (non-hydrogen) atoms. The predicted octanol–water partition coefficient (Wildman–Crippen LogP) is 3.07. The van der Waals surface area contributed by atoms with Crippen LogP contribution in [-0.4, -0.2) is 45.5 Å². The van der Waals surface area contributed by atoms with Gasteiger partial charge in [0.2, 0.25) is 10.0 Å². The molecule has 1 saturated heterocycles. The lowest BCUT2D eigenvalue weighted by atomic mass is 10.1. The highest BCUT2D eigenvalue weighted by Crippen LogP contribution is 2.17. The van der Waals surface area contributed by atoms with Crippen LogP contribution in [0.4, 0.5) is 0 Å². The summed E-state index contributed by atoms with van der Waals surface area (Å²) >= 11 is 5.88. The minimum atomic E-state index is -3.71. The van der Waals surface area contributed by atoms with Gasteiger partial charge in [0.1, 0.15) is 0 Å². The van der Waals surface area contributed by atoms with Crippen LogP contribution in [-0.2, 0) is 21.3 Å². The number of benzene rings is 2. The van der Waals surface area contributed by atoms with Crippen LogP contribution in [0.1, 0.15) is 28.8 Å². The van der Waals surface area contributed by atoms with Crippen molar-refractivity contribution in [2.24, 2.45) is 0 Å². The fourth-order valence-electron chi connectivity index (χ4n) is 3.04. The summed E-state index contributed by atoms with van der Waals surface area (Å²) in [4.78, 5) is 14.3. The third-order valence-electron chi connectivity index (χ3n) is 4.60. The quantitative estimate of drug-likeness (QED) is 0.744. The topological polar surface area (TPSA) is 75.7 Å². The largest absolute Gasteiger partial charge is 0.377 e. The van der Waals surface area contributed by atoms with Gasteiger partial charge < -0.3 is 9.64 Å². The molecule has 2 aromatic carbocycles. The number of rotatable bonds is 7. The third kappa shape index (κ3) is 5.32. The van der Waals surface area contributed by atoms with Gasteiger partial charge >= 0.3 is 0 Å². The maximum absolute atomic E-state index is 12.7. The van der Waals surface area contributed by atoms with E-state index >= 15 is 0 Å². The van der Waals surface area contributed by atoms with E-state index in [0.717, 1.165) is 18.4 Å². The van der Waals surface area contributed by atoms with Gasteiger partial charge in [-0.25, -0.2) is 13.1 Å². The molecule has 0 radical (unpaired) electrons. The van der Waals surface area contributed by atoms with E-state index in [0.29, 0.717) is 23.7 Å². The van der Waals surface area contributed by atoms with Crippen molar-refractivity contribution in [2.45, 2.75) is 30.4 Å². The Morgan fingerprint density at radius 3 is 2.68 bits per heavy atom. The summed E-state index contributed by atoms with van der Waals surface area (Å²) in [5.41, 5.74) is 1.25. The van der Waals surface area contributed by atoms with Crippen LogP contribution in [0.5, 0.6) is 0 Å². The Morgan fingerprint density at radius 1 is 1.25 bits per heavy atom. The first-order valence-corrected chi connectivity index (χ1v) is 10.9. The fourth-order valence-corrected chi connectivity index (χ4v) is 4.28. The van der Waals surface area contributed by atoms with Gasteiger partial charge in [0.15, 0.2) is 0 Å². The van der Waals surface area contributed by atoms with Crippen molar-refractivity contribution in [3.05, 3.63) is 64.7 Å². The first-order valence-electron chi connectivity index (χ1n) is 9.06. The summed E-state index contributed by atoms with van der Waals surface area (Å²) in [6.45, 7) is 1.29. The molecule has 150 valence electrons. The lowest BCUT2D eigenvalue weighted by Gasteiger charge is -2.18. The molecular weight excluding hydrogens is 400 g/mol. The van der Waals surface area contributed by atoms with Crippen molar-refractivity contribution in [3.63, 3.8) is 0 Å². The number of hydrogen-bond donors (Lipinski definition) is 1. The van der Waals surface area contributed by atoms with Gasteiger partial charge in [0.25, 0.3) is 5.91 Å². The molecule has 0 spiro atoms. The average molecular weight is 423 g/mol. The number of ether oxygens (including phenoxy) is 1. The molecule has 0 aromatic heterocycles. The molecular formula is C20H23ClN2O4S. The van der Waals surface area contributed by atoms with E-state index in [1.807, 2.05) is 12.1 Å². The standard InChI is InChI=1S/C20H23ClN2O4S/c1-23(14-15-7-9-17(21)10-8-15)20(24)16-4-2-6-19(12-16)28(25,26)22-13-18-5-3-11-27-18/h2,4,6-10,12,18,22H,3,5,11,13-14H2,1H3. The molecule has 1 N–H and O–H groups in total. The number of halogens is 1. The van der Waals surface area contributed by atoms with E-state index < -0.39 is 10.0 Å². The van der Waals surface area contributed by atoms with Crippen molar-refractivity contribution >= 4 is 27.5 Å². The normalized spacial score (nSPS) is 16.9. The van der Waals surface area contributed by atoms with Crippen molar-refractivity contribution in [1.82, 2.24) is 9.62 Å². The van der Waals surface area contributed by atoms with Crippen LogP contribution in [0.25, 0.3) is 0 Å². The van der Waals surface area contributed by atoms with Crippen molar-refractivity contribution in [3.8, 4) is 0 Å². The maximum Gasteiger partial charge on any atom is 0.253 e. The smallest absolute Gasteiger partial charge is 0.253 e. The summed E-state index contributed by atoms with van der Waals surface area (Å²) in [6.07, 6.45) is 1.69. The number of hydrogen-bond acceptors (Lipinski definition) is 4. The highest BCUT2D eigenvalue weighted by Gasteiger charge is 2.21. The van der Waals surface area contributed by atoms with Gasteiger partial charge in [-0.2, -0.15) is 0 Å². The van der Waals surface area contributed by atoms with Crippen molar-refractivity contribution in [1.29, 1.82) is 0 Å². The van der Waals surface area contributed by atoms with Crippen LogP contribution in [0.2, 0.25) is 5.02 Å². The minimum Gasteiger partial charge on any atom is -0.377 e. The van der Waals surface area contributed by atoms with Crippen LogP contribution in [0, 0.1) is 0 Å². The van der Waals surface area contributed by atoms with E-state index in [1.54, 1.807) is 31.3 Å². The van der Waals surface area contributed by atoms with E-state index in [9.17, 15) is 13.2 Å². The Morgan fingerprint density at radius 2 is 2.00 bits per heavy atom. The Hall–Kier alpha value is -1.93. The molecule has 8 heteroatoms. The molecule has 1 unspecified atom stereocenters. The Balaban J connectivity index is 1.68. The van der Waals surface area contributed by atoms with Gasteiger partial charge in [-0.3, -0.25) is 4.79 Å². The zero-order chi connectivity index (χ0) is 20.1. The Kier molecular flexibility index (Phi) is 6.72. The van der Waals surface area contributed by atoms with E-state index in [4.69, 9.17) is 16.3 Å². The zero-order valence-corrected chi connectivity index (χ0v) is 17.2. The Bertz CT molecular complexity index is 925. The van der Waals surface area contributed by atoms with Crippen LogP contribution < -0.4 is 4.72 Å².